The molecular weight excluding hydrogens is 296 g/mol. The standard InChI is InChI=1S/C12H12N4O4S/c1-7-3-8(5-9(4-7)16(19)20)11-13-14-12(15(11)2)21-6-10(17)18/h3-5H,6H2,1-2H3,(H,17,18). The topological polar surface area (TPSA) is 111 Å². The zero-order chi connectivity index (χ0) is 15.6. The molecule has 1 heterocycles. The lowest BCUT2D eigenvalue weighted by Crippen LogP contribution is -2.01. The van der Waals surface area contributed by atoms with Crippen LogP contribution in [0, 0.1) is 17.0 Å². The molecule has 21 heavy (non-hydrogen) atoms. The van der Waals surface area contributed by atoms with E-state index in [1.807, 2.05) is 0 Å². The highest BCUT2D eigenvalue weighted by molar-refractivity contribution is 7.99. The minimum atomic E-state index is -0.948. The SMILES string of the molecule is Cc1cc(-c2nnc(SCC(=O)O)n2C)cc([N+](=O)[O-])c1. The van der Waals surface area contributed by atoms with Crippen molar-refractivity contribution in [3.8, 4) is 11.4 Å². The predicted molar refractivity (Wildman–Crippen MR) is 76.2 cm³/mol. The first-order chi connectivity index (χ1) is 9.88. The van der Waals surface area contributed by atoms with Gasteiger partial charge in [-0.2, -0.15) is 0 Å². The van der Waals surface area contributed by atoms with Crippen LogP contribution in [0.4, 0.5) is 5.69 Å². The summed E-state index contributed by atoms with van der Waals surface area (Å²) in [5.41, 5.74) is 1.29. The quantitative estimate of drug-likeness (QED) is 0.510. The van der Waals surface area contributed by atoms with E-state index < -0.39 is 10.9 Å². The van der Waals surface area contributed by atoms with Crippen molar-refractivity contribution < 1.29 is 14.8 Å². The number of non-ortho nitro benzene ring substituents is 1. The zero-order valence-corrected chi connectivity index (χ0v) is 12.1. The van der Waals surface area contributed by atoms with Crippen LogP contribution in [0.25, 0.3) is 11.4 Å². The van der Waals surface area contributed by atoms with Gasteiger partial charge in [0.1, 0.15) is 0 Å². The van der Waals surface area contributed by atoms with E-state index in [9.17, 15) is 14.9 Å². The molecule has 0 radical (unpaired) electrons. The number of rotatable bonds is 5. The maximum atomic E-state index is 10.9. The van der Waals surface area contributed by atoms with E-state index in [0.29, 0.717) is 16.5 Å². The molecule has 0 spiro atoms. The average Bonchev–Trinajstić information content (AvgIpc) is 2.77. The Morgan fingerprint density at radius 2 is 2.14 bits per heavy atom. The lowest BCUT2D eigenvalue weighted by molar-refractivity contribution is -0.384. The highest BCUT2D eigenvalue weighted by atomic mass is 32.2. The van der Waals surface area contributed by atoms with E-state index in [-0.39, 0.29) is 11.4 Å². The van der Waals surface area contributed by atoms with Crippen LogP contribution in [0.3, 0.4) is 0 Å². The number of nitrogens with zero attached hydrogens (tertiary/aromatic N) is 4. The highest BCUT2D eigenvalue weighted by Gasteiger charge is 2.16. The normalized spacial score (nSPS) is 10.6. The van der Waals surface area contributed by atoms with Crippen molar-refractivity contribution in [3.63, 3.8) is 0 Å². The van der Waals surface area contributed by atoms with Crippen LogP contribution in [0.1, 0.15) is 5.56 Å². The average molecular weight is 308 g/mol. The second kappa shape index (κ2) is 5.92. The van der Waals surface area contributed by atoms with Crippen molar-refractivity contribution in [2.45, 2.75) is 12.1 Å². The van der Waals surface area contributed by atoms with Crippen molar-refractivity contribution in [1.82, 2.24) is 14.8 Å². The fourth-order valence-electron chi connectivity index (χ4n) is 1.82. The first kappa shape index (κ1) is 15.0. The summed E-state index contributed by atoms with van der Waals surface area (Å²) in [6.07, 6.45) is 0. The van der Waals surface area contributed by atoms with E-state index >= 15 is 0 Å². The summed E-state index contributed by atoms with van der Waals surface area (Å²) in [6.45, 7) is 1.76. The minimum Gasteiger partial charge on any atom is -0.481 e. The second-order valence-corrected chi connectivity index (χ2v) is 5.30. The van der Waals surface area contributed by atoms with Crippen LogP contribution in [0.15, 0.2) is 23.4 Å². The van der Waals surface area contributed by atoms with Gasteiger partial charge >= 0.3 is 5.97 Å². The van der Waals surface area contributed by atoms with Gasteiger partial charge in [-0.25, -0.2) is 0 Å². The third-order valence-electron chi connectivity index (χ3n) is 2.69. The molecule has 0 amide bonds. The summed E-state index contributed by atoms with van der Waals surface area (Å²) >= 11 is 1.04. The van der Waals surface area contributed by atoms with Crippen molar-refractivity contribution in [1.29, 1.82) is 0 Å². The molecule has 0 saturated carbocycles. The number of hydrogen-bond acceptors (Lipinski definition) is 6. The highest BCUT2D eigenvalue weighted by Crippen LogP contribution is 2.26. The summed E-state index contributed by atoms with van der Waals surface area (Å²) in [4.78, 5) is 21.0. The van der Waals surface area contributed by atoms with Crippen LogP contribution in [0.5, 0.6) is 0 Å². The van der Waals surface area contributed by atoms with Gasteiger partial charge in [0.15, 0.2) is 11.0 Å². The first-order valence-electron chi connectivity index (χ1n) is 5.89. The molecule has 0 bridgehead atoms. The van der Waals surface area contributed by atoms with Gasteiger partial charge in [0.05, 0.1) is 10.7 Å². The van der Waals surface area contributed by atoms with E-state index in [0.717, 1.165) is 17.3 Å². The molecule has 0 aliphatic carbocycles. The summed E-state index contributed by atoms with van der Waals surface area (Å²) in [5, 5.41) is 27.9. The maximum Gasteiger partial charge on any atom is 0.313 e. The Morgan fingerprint density at radius 3 is 2.76 bits per heavy atom. The lowest BCUT2D eigenvalue weighted by Gasteiger charge is -2.04. The van der Waals surface area contributed by atoms with E-state index in [2.05, 4.69) is 10.2 Å². The maximum absolute atomic E-state index is 10.9. The summed E-state index contributed by atoms with van der Waals surface area (Å²) in [6, 6.07) is 4.66. The molecule has 2 aromatic rings. The Hall–Kier alpha value is -2.42. The fourth-order valence-corrected chi connectivity index (χ4v) is 2.45. The summed E-state index contributed by atoms with van der Waals surface area (Å²) < 4.78 is 1.62. The van der Waals surface area contributed by atoms with Gasteiger partial charge in [-0.3, -0.25) is 14.9 Å². The van der Waals surface area contributed by atoms with Crippen LogP contribution in [-0.4, -0.2) is 36.5 Å². The monoisotopic (exact) mass is 308 g/mol. The van der Waals surface area contributed by atoms with Crippen molar-refractivity contribution in [2.24, 2.45) is 7.05 Å². The van der Waals surface area contributed by atoms with Gasteiger partial charge in [-0.05, 0) is 18.6 Å². The Labute approximate surface area is 124 Å². The Balaban J connectivity index is 2.38. The van der Waals surface area contributed by atoms with Gasteiger partial charge in [0.2, 0.25) is 0 Å². The van der Waals surface area contributed by atoms with Gasteiger partial charge in [0.25, 0.3) is 5.69 Å². The number of nitro benzene ring substituents is 1. The smallest absolute Gasteiger partial charge is 0.313 e. The number of thioether (sulfide) groups is 1. The number of aryl methyl sites for hydroxylation is 1. The zero-order valence-electron chi connectivity index (χ0n) is 11.3. The summed E-state index contributed by atoms with van der Waals surface area (Å²) in [7, 11) is 1.69. The third kappa shape index (κ3) is 3.37. The Morgan fingerprint density at radius 1 is 1.43 bits per heavy atom. The van der Waals surface area contributed by atoms with Gasteiger partial charge in [-0.15, -0.1) is 10.2 Å². The van der Waals surface area contributed by atoms with E-state index in [1.165, 1.54) is 12.1 Å². The number of carboxylic acid groups (broad SMARTS) is 1. The number of carbonyl (C=O) groups is 1. The molecule has 110 valence electrons. The van der Waals surface area contributed by atoms with Gasteiger partial charge < -0.3 is 9.67 Å². The minimum absolute atomic E-state index is 0.0206. The molecule has 0 saturated heterocycles. The molecule has 0 aliphatic heterocycles. The Kier molecular flexibility index (Phi) is 4.22. The molecule has 0 aliphatic rings. The van der Waals surface area contributed by atoms with Crippen LogP contribution in [-0.2, 0) is 11.8 Å². The summed E-state index contributed by atoms with van der Waals surface area (Å²) in [5.74, 6) is -0.620. The molecule has 2 rings (SSSR count). The number of benzene rings is 1. The third-order valence-corrected chi connectivity index (χ3v) is 3.70. The number of hydrogen-bond donors (Lipinski definition) is 1. The van der Waals surface area contributed by atoms with E-state index in [1.54, 1.807) is 24.6 Å². The van der Waals surface area contributed by atoms with Crippen molar-refractivity contribution >= 4 is 23.4 Å². The van der Waals surface area contributed by atoms with Gasteiger partial charge in [0, 0.05) is 24.7 Å². The molecule has 0 unspecified atom stereocenters. The van der Waals surface area contributed by atoms with Crippen molar-refractivity contribution in [2.75, 3.05) is 5.75 Å². The number of nitro groups is 1. The van der Waals surface area contributed by atoms with Crippen LogP contribution >= 0.6 is 11.8 Å². The second-order valence-electron chi connectivity index (χ2n) is 4.36. The lowest BCUT2D eigenvalue weighted by atomic mass is 10.1. The molecule has 0 atom stereocenters. The van der Waals surface area contributed by atoms with Gasteiger partial charge in [-0.1, -0.05) is 11.8 Å². The fraction of sp³-hybridized carbons (Fsp3) is 0.250. The molecule has 0 fully saturated rings. The molecule has 1 N–H and O–H groups in total. The molecular formula is C12H12N4O4S. The molecule has 9 heteroatoms. The van der Waals surface area contributed by atoms with Crippen LogP contribution < -0.4 is 0 Å². The van der Waals surface area contributed by atoms with E-state index in [4.69, 9.17) is 5.11 Å². The number of carboxylic acids is 1. The Bertz CT molecular complexity index is 713. The molecule has 8 nitrogen and oxygen atoms in total. The predicted octanol–water partition coefficient (Wildman–Crippen LogP) is 1.88. The first-order valence-corrected chi connectivity index (χ1v) is 6.87. The molecule has 1 aromatic heterocycles. The van der Waals surface area contributed by atoms with Crippen LogP contribution in [0.2, 0.25) is 0 Å². The molecule has 1 aromatic carbocycles. The largest absolute Gasteiger partial charge is 0.481 e. The van der Waals surface area contributed by atoms with Crippen molar-refractivity contribution in [3.05, 3.63) is 33.9 Å². The number of aliphatic carboxylic acids is 1. The number of aromatic nitrogens is 3.